The minimum atomic E-state index is -0.521. The number of fused-ring (bicyclic) bond motifs is 1. The number of methoxy groups -OCH3 is 1. The van der Waals surface area contributed by atoms with E-state index < -0.39 is 5.82 Å². The standard InChI is InChI=1S/C34H38FN8O3/c1-7-38-43-14-12-25(20-24(43)3)46-30-21-26(35)28(19-23(30)2)39-34-32-27(36-22-37-34)10-11-29(33(32)45-6)41-15-17-42(18-16-41)31(44)9-8-13-40(4)5/h7-12,14-15,19-22H,3,13,16-18H2,1-2,4-6H3,(H,36,37,39)/q+1/b9-8+,38-7-. The van der Waals surface area contributed by atoms with Crippen LogP contribution in [0.2, 0.25) is 0 Å². The number of hydrogen-bond donors (Lipinski definition) is 1. The minimum Gasteiger partial charge on any atom is -0.490 e. The third-order valence-electron chi connectivity index (χ3n) is 7.39. The Balaban J connectivity index is 1.39. The summed E-state index contributed by atoms with van der Waals surface area (Å²) >= 11 is 0. The molecular formula is C34H38FN8O3+. The number of hydrazone groups is 1. The lowest BCUT2D eigenvalue weighted by molar-refractivity contribution is -0.442. The zero-order valence-electron chi connectivity index (χ0n) is 26.7. The van der Waals surface area contributed by atoms with Crippen LogP contribution in [0.15, 0.2) is 84.2 Å². The average Bonchev–Trinajstić information content (AvgIpc) is 3.04. The van der Waals surface area contributed by atoms with E-state index in [4.69, 9.17) is 9.47 Å². The first-order valence-corrected chi connectivity index (χ1v) is 14.8. The molecule has 1 N–H and O–H groups in total. The van der Waals surface area contributed by atoms with Gasteiger partial charge in [0.15, 0.2) is 12.8 Å². The summed E-state index contributed by atoms with van der Waals surface area (Å²) < 4.78 is 29.5. The maximum Gasteiger partial charge on any atom is 0.248 e. The summed E-state index contributed by atoms with van der Waals surface area (Å²) in [6, 6.07) is 6.81. The molecule has 0 spiro atoms. The molecule has 0 atom stereocenters. The van der Waals surface area contributed by atoms with E-state index in [-0.39, 0.29) is 11.6 Å². The number of anilines is 2. The fraction of sp³-hybridized carbons (Fsp3) is 0.265. The fourth-order valence-electron chi connectivity index (χ4n) is 5.08. The molecule has 2 aromatic carbocycles. The SMILES string of the molecule is C=C1C=C(Oc2cc(F)c(Nc3ncnc4ccc([N+]5=CCN(C(=O)/C=C/CN(C)C)CC5)c(OC)c34)cc2C)C=CN1/N=C\C. The van der Waals surface area contributed by atoms with Crippen molar-refractivity contribution in [1.82, 2.24) is 24.8 Å². The smallest absolute Gasteiger partial charge is 0.248 e. The Kier molecular flexibility index (Phi) is 9.87. The van der Waals surface area contributed by atoms with Gasteiger partial charge in [-0.25, -0.2) is 19.4 Å². The number of ether oxygens (including phenoxy) is 2. The highest BCUT2D eigenvalue weighted by molar-refractivity contribution is 5.99. The highest BCUT2D eigenvalue weighted by Gasteiger charge is 2.27. The number of rotatable bonds is 10. The molecule has 0 bridgehead atoms. The van der Waals surface area contributed by atoms with Gasteiger partial charge in [-0.15, -0.1) is 0 Å². The van der Waals surface area contributed by atoms with Crippen LogP contribution in [0.3, 0.4) is 0 Å². The van der Waals surface area contributed by atoms with Crippen LogP contribution in [-0.2, 0) is 4.79 Å². The van der Waals surface area contributed by atoms with Crippen molar-refractivity contribution in [3.8, 4) is 11.5 Å². The molecule has 0 radical (unpaired) electrons. The summed E-state index contributed by atoms with van der Waals surface area (Å²) in [4.78, 5) is 25.3. The molecule has 5 rings (SSSR count). The molecule has 2 aliphatic heterocycles. The Bertz CT molecular complexity index is 1810. The number of likely N-dealkylation sites (N-methyl/N-ethyl adjacent to an activating group) is 1. The fourth-order valence-corrected chi connectivity index (χ4v) is 5.08. The highest BCUT2D eigenvalue weighted by atomic mass is 19.1. The number of carbonyl (C=O) groups excluding carboxylic acids is 1. The maximum absolute atomic E-state index is 15.5. The Morgan fingerprint density at radius 3 is 2.80 bits per heavy atom. The van der Waals surface area contributed by atoms with Crippen LogP contribution in [0.25, 0.3) is 10.9 Å². The number of carbonyl (C=O) groups is 1. The van der Waals surface area contributed by atoms with E-state index in [0.717, 1.165) is 5.69 Å². The Morgan fingerprint density at radius 2 is 2.11 bits per heavy atom. The van der Waals surface area contributed by atoms with Crippen LogP contribution in [0.1, 0.15) is 12.5 Å². The molecule has 2 aliphatic rings. The second kappa shape index (κ2) is 14.2. The predicted octanol–water partition coefficient (Wildman–Crippen LogP) is 5.12. The number of nitrogens with zero attached hydrogens (tertiary/aromatic N) is 7. The molecule has 238 valence electrons. The van der Waals surface area contributed by atoms with Crippen molar-refractivity contribution in [2.45, 2.75) is 13.8 Å². The van der Waals surface area contributed by atoms with Crippen LogP contribution >= 0.6 is 0 Å². The Labute approximate surface area is 267 Å². The third-order valence-corrected chi connectivity index (χ3v) is 7.39. The Hall–Kier alpha value is -5.36. The molecule has 46 heavy (non-hydrogen) atoms. The third kappa shape index (κ3) is 7.13. The summed E-state index contributed by atoms with van der Waals surface area (Å²) in [7, 11) is 5.49. The summed E-state index contributed by atoms with van der Waals surface area (Å²) in [5.41, 5.74) is 2.98. The average molecular weight is 626 g/mol. The van der Waals surface area contributed by atoms with Gasteiger partial charge in [-0.1, -0.05) is 12.7 Å². The number of aryl methyl sites for hydroxylation is 1. The molecule has 0 unspecified atom stereocenters. The predicted molar refractivity (Wildman–Crippen MR) is 179 cm³/mol. The molecule has 1 amide bonds. The van der Waals surface area contributed by atoms with Crippen molar-refractivity contribution in [3.05, 3.63) is 90.5 Å². The van der Waals surface area contributed by atoms with Gasteiger partial charge in [0.25, 0.3) is 0 Å². The molecule has 12 heteroatoms. The number of benzene rings is 2. The zero-order chi connectivity index (χ0) is 32.8. The molecule has 3 heterocycles. The van der Waals surface area contributed by atoms with Gasteiger partial charge in [-0.3, -0.25) is 4.79 Å². The quantitative estimate of drug-likeness (QED) is 0.189. The summed E-state index contributed by atoms with van der Waals surface area (Å²) in [5.74, 6) is 1.26. The van der Waals surface area contributed by atoms with Gasteiger partial charge in [0.1, 0.15) is 29.5 Å². The topological polar surface area (TPSA) is 98.4 Å². The van der Waals surface area contributed by atoms with Gasteiger partial charge >= 0.3 is 0 Å². The van der Waals surface area contributed by atoms with Gasteiger partial charge in [0, 0.05) is 43.2 Å². The first-order chi connectivity index (χ1) is 22.2. The zero-order valence-corrected chi connectivity index (χ0v) is 26.7. The molecule has 0 aliphatic carbocycles. The van der Waals surface area contributed by atoms with Crippen LogP contribution in [0.5, 0.6) is 11.5 Å². The molecule has 0 saturated carbocycles. The number of halogens is 1. The van der Waals surface area contributed by atoms with Gasteiger partial charge in [-0.2, -0.15) is 9.68 Å². The van der Waals surface area contributed by atoms with E-state index in [1.165, 1.54) is 12.4 Å². The monoisotopic (exact) mass is 625 g/mol. The summed E-state index contributed by atoms with van der Waals surface area (Å²) in [6.07, 6.45) is 13.7. The van der Waals surface area contributed by atoms with Gasteiger partial charge in [0.05, 0.1) is 42.5 Å². The lowest BCUT2D eigenvalue weighted by atomic mass is 10.1. The molecular weight excluding hydrogens is 587 g/mol. The lowest BCUT2D eigenvalue weighted by Gasteiger charge is -2.22. The van der Waals surface area contributed by atoms with Crippen molar-refractivity contribution in [3.63, 3.8) is 0 Å². The van der Waals surface area contributed by atoms with Crippen LogP contribution in [0, 0.1) is 12.7 Å². The van der Waals surface area contributed by atoms with E-state index in [9.17, 15) is 4.79 Å². The lowest BCUT2D eigenvalue weighted by Crippen LogP contribution is -2.41. The van der Waals surface area contributed by atoms with Crippen LogP contribution in [0.4, 0.5) is 21.6 Å². The van der Waals surface area contributed by atoms with Crippen LogP contribution < -0.4 is 14.8 Å². The first-order valence-electron chi connectivity index (χ1n) is 14.8. The van der Waals surface area contributed by atoms with Crippen molar-refractivity contribution < 1.29 is 23.2 Å². The van der Waals surface area contributed by atoms with Gasteiger partial charge < -0.3 is 24.6 Å². The molecule has 3 aromatic rings. The van der Waals surface area contributed by atoms with E-state index in [0.29, 0.717) is 71.4 Å². The number of nitrogens with one attached hydrogen (secondary N) is 1. The molecule has 0 fully saturated rings. The number of amides is 1. The highest BCUT2D eigenvalue weighted by Crippen LogP contribution is 2.40. The van der Waals surface area contributed by atoms with Gasteiger partial charge in [0.2, 0.25) is 17.3 Å². The number of hydrogen-bond acceptors (Lipinski definition) is 9. The van der Waals surface area contributed by atoms with E-state index in [2.05, 4.69) is 31.5 Å². The molecule has 11 nitrogen and oxygen atoms in total. The van der Waals surface area contributed by atoms with Crippen molar-refractivity contribution >= 4 is 46.4 Å². The summed E-state index contributed by atoms with van der Waals surface area (Å²) in [5, 5.41) is 9.56. The largest absolute Gasteiger partial charge is 0.490 e. The Morgan fingerprint density at radius 1 is 1.28 bits per heavy atom. The summed E-state index contributed by atoms with van der Waals surface area (Å²) in [6.45, 7) is 9.90. The normalized spacial score (nSPS) is 15.2. The van der Waals surface area contributed by atoms with Gasteiger partial charge in [-0.05, 0) is 51.7 Å². The van der Waals surface area contributed by atoms with Crippen LogP contribution in [-0.4, -0.2) is 95.1 Å². The van der Waals surface area contributed by atoms with Crippen molar-refractivity contribution in [1.29, 1.82) is 0 Å². The first kappa shape index (κ1) is 32.0. The second-order valence-corrected chi connectivity index (χ2v) is 11.0. The molecule has 0 saturated heterocycles. The van der Waals surface area contributed by atoms with E-state index in [1.54, 1.807) is 53.7 Å². The maximum atomic E-state index is 15.5. The minimum absolute atomic E-state index is 0.0254. The van der Waals surface area contributed by atoms with E-state index in [1.807, 2.05) is 57.3 Å². The molecule has 1 aromatic heterocycles. The second-order valence-electron chi connectivity index (χ2n) is 11.0. The number of aromatic nitrogens is 2. The van der Waals surface area contributed by atoms with E-state index >= 15 is 4.39 Å². The number of allylic oxidation sites excluding steroid dienone is 2. The van der Waals surface area contributed by atoms with Crippen molar-refractivity contribution in [2.24, 2.45) is 5.10 Å². The van der Waals surface area contributed by atoms with Crippen molar-refractivity contribution in [2.75, 3.05) is 52.7 Å².